The first-order chi connectivity index (χ1) is 16.4. The number of fused-ring (bicyclic) bond motifs is 4. The Balaban J connectivity index is 1.50. The van der Waals surface area contributed by atoms with E-state index in [-0.39, 0.29) is 24.2 Å². The van der Waals surface area contributed by atoms with Crippen LogP contribution in [0.1, 0.15) is 29.8 Å². The van der Waals surface area contributed by atoms with Gasteiger partial charge in [0.2, 0.25) is 0 Å². The van der Waals surface area contributed by atoms with Gasteiger partial charge in [-0.2, -0.15) is 0 Å². The number of phenolic OH excluding ortho intramolecular Hbond substituents is 1. The van der Waals surface area contributed by atoms with Crippen LogP contribution in [-0.4, -0.2) is 53.5 Å². The zero-order chi connectivity index (χ0) is 23.6. The van der Waals surface area contributed by atoms with Gasteiger partial charge in [0.05, 0.1) is 6.33 Å². The van der Waals surface area contributed by atoms with E-state index in [4.69, 9.17) is 0 Å². The molecule has 4 aromatic rings. The van der Waals surface area contributed by atoms with Gasteiger partial charge in [0.1, 0.15) is 17.3 Å². The van der Waals surface area contributed by atoms with Gasteiger partial charge in [-0.15, -0.1) is 0 Å². The number of imide groups is 1. The number of aromatic nitrogens is 3. The maximum Gasteiger partial charge on any atom is 0.328 e. The Labute approximate surface area is 203 Å². The predicted molar refractivity (Wildman–Crippen MR) is 129 cm³/mol. The molecule has 0 saturated carbocycles. The molecule has 2 N–H and O–H groups in total. The van der Waals surface area contributed by atoms with Gasteiger partial charge in [-0.25, -0.2) is 9.78 Å². The highest BCUT2D eigenvalue weighted by molar-refractivity contribution is 9.10. The fourth-order valence-corrected chi connectivity index (χ4v) is 5.72. The molecule has 0 spiro atoms. The van der Waals surface area contributed by atoms with E-state index in [0.717, 1.165) is 32.2 Å². The summed E-state index contributed by atoms with van der Waals surface area (Å²) >= 11 is 3.56. The molecule has 8 nitrogen and oxygen atoms in total. The average Bonchev–Trinajstić information content (AvgIpc) is 3.49. The smallest absolute Gasteiger partial charge is 0.328 e. The number of urea groups is 1. The highest BCUT2D eigenvalue weighted by Crippen LogP contribution is 2.49. The Morgan fingerprint density at radius 2 is 2.06 bits per heavy atom. The first-order valence-electron chi connectivity index (χ1n) is 11.1. The number of carbonyl (C=O) groups excluding carboxylic acids is 2. The Morgan fingerprint density at radius 3 is 2.82 bits per heavy atom. The number of carbonyl (C=O) groups is 2. The first kappa shape index (κ1) is 21.0. The zero-order valence-electron chi connectivity index (χ0n) is 18.4. The fourth-order valence-electron chi connectivity index (χ4n) is 5.36. The molecule has 9 heteroatoms. The molecule has 2 atom stereocenters. The molecule has 4 heterocycles. The molecular weight excluding hydrogens is 498 g/mol. The Kier molecular flexibility index (Phi) is 4.60. The summed E-state index contributed by atoms with van der Waals surface area (Å²) in [5.74, 6) is -0.0992. The van der Waals surface area contributed by atoms with Gasteiger partial charge >= 0.3 is 6.03 Å². The number of imidazole rings is 1. The number of aromatic hydroxyl groups is 1. The van der Waals surface area contributed by atoms with E-state index in [1.54, 1.807) is 35.6 Å². The summed E-state index contributed by atoms with van der Waals surface area (Å²) in [7, 11) is 0. The lowest BCUT2D eigenvalue weighted by molar-refractivity contribution is -0.133. The number of rotatable bonds is 4. The van der Waals surface area contributed by atoms with E-state index >= 15 is 0 Å². The lowest BCUT2D eigenvalue weighted by Gasteiger charge is -2.42. The second kappa shape index (κ2) is 7.46. The van der Waals surface area contributed by atoms with Crippen LogP contribution in [0.2, 0.25) is 0 Å². The number of nitrogens with zero attached hydrogens (tertiary/aromatic N) is 4. The molecular formula is C25H22BrN5O3. The molecule has 172 valence electrons. The second-order valence-corrected chi connectivity index (χ2v) is 9.98. The predicted octanol–water partition coefficient (Wildman–Crippen LogP) is 4.20. The Hall–Kier alpha value is -3.59. The van der Waals surface area contributed by atoms with Crippen molar-refractivity contribution >= 4 is 38.8 Å². The molecule has 1 saturated heterocycles. The van der Waals surface area contributed by atoms with Gasteiger partial charge < -0.3 is 14.7 Å². The summed E-state index contributed by atoms with van der Waals surface area (Å²) in [5, 5.41) is 11.2. The van der Waals surface area contributed by atoms with E-state index in [2.05, 4.69) is 25.9 Å². The van der Waals surface area contributed by atoms with Crippen molar-refractivity contribution in [2.45, 2.75) is 31.5 Å². The molecule has 0 bridgehead atoms. The molecule has 3 amide bonds. The topological polar surface area (TPSA) is 94.5 Å². The third-order valence-electron chi connectivity index (χ3n) is 6.96. The van der Waals surface area contributed by atoms with Crippen LogP contribution in [0.25, 0.3) is 10.9 Å². The molecule has 0 aliphatic carbocycles. The van der Waals surface area contributed by atoms with Crippen LogP contribution in [-0.2, 0) is 17.8 Å². The molecule has 2 aromatic heterocycles. The zero-order valence-corrected chi connectivity index (χ0v) is 20.0. The number of aromatic amines is 1. The van der Waals surface area contributed by atoms with Crippen LogP contribution >= 0.6 is 15.9 Å². The van der Waals surface area contributed by atoms with Gasteiger partial charge in [-0.3, -0.25) is 14.6 Å². The number of hydrogen-bond acceptors (Lipinski definition) is 4. The van der Waals surface area contributed by atoms with Gasteiger partial charge in [0.25, 0.3) is 5.91 Å². The summed E-state index contributed by atoms with van der Waals surface area (Å²) < 4.78 is 2.79. The van der Waals surface area contributed by atoms with Crippen LogP contribution in [0.5, 0.6) is 5.75 Å². The Morgan fingerprint density at radius 1 is 1.21 bits per heavy atom. The number of H-pyrrole nitrogens is 1. The van der Waals surface area contributed by atoms with Gasteiger partial charge in [-0.05, 0) is 48.4 Å². The summed E-state index contributed by atoms with van der Waals surface area (Å²) in [4.78, 5) is 38.1. The fraction of sp³-hybridized carbons (Fsp3) is 0.240. The average molecular weight is 520 g/mol. The van der Waals surface area contributed by atoms with E-state index in [1.165, 1.54) is 4.90 Å². The van der Waals surface area contributed by atoms with E-state index < -0.39 is 11.6 Å². The van der Waals surface area contributed by atoms with Crippen LogP contribution in [0.4, 0.5) is 4.79 Å². The normalized spacial score (nSPS) is 21.9. The van der Waals surface area contributed by atoms with Gasteiger partial charge in [0, 0.05) is 53.0 Å². The first-order valence-corrected chi connectivity index (χ1v) is 11.9. The summed E-state index contributed by atoms with van der Waals surface area (Å²) in [6.45, 7) is 2.58. The molecule has 6 rings (SSSR count). The van der Waals surface area contributed by atoms with E-state index in [0.29, 0.717) is 13.0 Å². The number of halogens is 1. The van der Waals surface area contributed by atoms with E-state index in [9.17, 15) is 14.7 Å². The number of nitrogens with one attached hydrogen (secondary N) is 1. The van der Waals surface area contributed by atoms with Crippen molar-refractivity contribution in [1.29, 1.82) is 0 Å². The SMILES string of the molecule is CC12Cc3c([nH]c4ccc(Br)cc34)C(c3cccc(O)c3)N1C(=O)N(CCn1ccnc1)C2=O. The van der Waals surface area contributed by atoms with Crippen molar-refractivity contribution in [2.24, 2.45) is 0 Å². The summed E-state index contributed by atoms with van der Waals surface area (Å²) in [6.07, 6.45) is 5.56. The molecule has 34 heavy (non-hydrogen) atoms. The minimum atomic E-state index is -1.05. The minimum absolute atomic E-state index is 0.111. The number of phenols is 1. The highest BCUT2D eigenvalue weighted by Gasteiger charge is 2.60. The molecule has 1 fully saturated rings. The molecule has 2 aromatic carbocycles. The van der Waals surface area contributed by atoms with E-state index in [1.807, 2.05) is 42.0 Å². The van der Waals surface area contributed by atoms with Crippen molar-refractivity contribution in [1.82, 2.24) is 24.3 Å². The van der Waals surface area contributed by atoms with Crippen molar-refractivity contribution in [3.8, 4) is 5.75 Å². The van der Waals surface area contributed by atoms with Crippen molar-refractivity contribution in [3.63, 3.8) is 0 Å². The summed E-state index contributed by atoms with van der Waals surface area (Å²) in [5.41, 5.74) is 2.53. The third kappa shape index (κ3) is 3.00. The quantitative estimate of drug-likeness (QED) is 0.395. The maximum atomic E-state index is 13.8. The standard InChI is InChI=1S/C25H22BrN5O3/c1-25-13-19-18-12-16(26)5-6-20(18)28-21(19)22(15-3-2-4-17(32)11-15)31(25)24(34)30(23(25)33)10-9-29-8-7-27-14-29/h2-8,11-12,14,22,28,32H,9-10,13H2,1H3. The van der Waals surface area contributed by atoms with Crippen LogP contribution in [0, 0.1) is 0 Å². The molecule has 0 radical (unpaired) electrons. The Bertz CT molecular complexity index is 1450. The third-order valence-corrected chi connectivity index (χ3v) is 7.45. The number of benzene rings is 2. The number of hydrogen-bond donors (Lipinski definition) is 2. The minimum Gasteiger partial charge on any atom is -0.508 e. The van der Waals surface area contributed by atoms with Crippen molar-refractivity contribution < 1.29 is 14.7 Å². The second-order valence-electron chi connectivity index (χ2n) is 9.07. The van der Waals surface area contributed by atoms with Crippen molar-refractivity contribution in [2.75, 3.05) is 6.54 Å². The lowest BCUT2D eigenvalue weighted by Crippen LogP contribution is -2.53. The maximum absolute atomic E-state index is 13.8. The molecule has 2 aliphatic heterocycles. The lowest BCUT2D eigenvalue weighted by atomic mass is 9.81. The van der Waals surface area contributed by atoms with Gasteiger partial charge in [0.15, 0.2) is 0 Å². The molecule has 2 aliphatic rings. The van der Waals surface area contributed by atoms with Crippen molar-refractivity contribution in [3.05, 3.63) is 82.5 Å². The van der Waals surface area contributed by atoms with Gasteiger partial charge in [-0.1, -0.05) is 28.1 Å². The highest BCUT2D eigenvalue weighted by atomic mass is 79.9. The van der Waals surface area contributed by atoms with Crippen LogP contribution < -0.4 is 0 Å². The number of amides is 3. The molecule has 2 unspecified atom stereocenters. The van der Waals surface area contributed by atoms with Crippen LogP contribution in [0.15, 0.2) is 65.7 Å². The summed E-state index contributed by atoms with van der Waals surface area (Å²) in [6, 6.07) is 12.0. The largest absolute Gasteiger partial charge is 0.508 e. The monoisotopic (exact) mass is 519 g/mol. The van der Waals surface area contributed by atoms with Crippen LogP contribution in [0.3, 0.4) is 0 Å².